The fourth-order valence-corrected chi connectivity index (χ4v) is 2.33. The molecule has 15 heavy (non-hydrogen) atoms. The molecule has 1 amide bonds. The van der Waals surface area contributed by atoms with Gasteiger partial charge in [0.25, 0.3) is 0 Å². The second kappa shape index (κ2) is 5.87. The number of nitrogens with one attached hydrogen (secondary N) is 1. The van der Waals surface area contributed by atoms with Gasteiger partial charge in [0, 0.05) is 21.2 Å². The van der Waals surface area contributed by atoms with Gasteiger partial charge in [-0.15, -0.1) is 11.3 Å². The van der Waals surface area contributed by atoms with Gasteiger partial charge >= 0.3 is 5.97 Å². The van der Waals surface area contributed by atoms with Crippen molar-refractivity contribution in [1.29, 1.82) is 0 Å². The molecule has 0 aromatic carbocycles. The number of carboxylic acids is 1. The van der Waals surface area contributed by atoms with E-state index in [1.54, 1.807) is 0 Å². The van der Waals surface area contributed by atoms with E-state index in [1.807, 2.05) is 11.4 Å². The minimum atomic E-state index is -0.955. The van der Waals surface area contributed by atoms with Crippen molar-refractivity contribution in [2.75, 3.05) is 0 Å². The third kappa shape index (κ3) is 4.94. The molecule has 0 atom stereocenters. The first-order valence-electron chi connectivity index (χ1n) is 4.29. The highest BCUT2D eigenvalue weighted by molar-refractivity contribution is 9.10. The van der Waals surface area contributed by atoms with E-state index in [1.165, 1.54) is 11.3 Å². The zero-order valence-corrected chi connectivity index (χ0v) is 10.2. The number of thiophene rings is 1. The fourth-order valence-electron chi connectivity index (χ4n) is 0.941. The lowest BCUT2D eigenvalue weighted by Gasteiger charge is -2.01. The van der Waals surface area contributed by atoms with E-state index in [4.69, 9.17) is 5.11 Å². The summed E-state index contributed by atoms with van der Waals surface area (Å²) in [5.74, 6) is -1.19. The van der Waals surface area contributed by atoms with Crippen LogP contribution in [-0.4, -0.2) is 17.0 Å². The van der Waals surface area contributed by atoms with Crippen molar-refractivity contribution in [3.05, 3.63) is 20.8 Å². The molecule has 0 radical (unpaired) electrons. The van der Waals surface area contributed by atoms with Crippen LogP contribution in [0.5, 0.6) is 0 Å². The highest BCUT2D eigenvalue weighted by Crippen LogP contribution is 2.19. The molecule has 0 fully saturated rings. The number of carboxylic acid groups (broad SMARTS) is 1. The minimum absolute atomic E-state index is 0.0296. The minimum Gasteiger partial charge on any atom is -0.481 e. The molecule has 0 saturated heterocycles. The molecule has 1 aromatic rings. The van der Waals surface area contributed by atoms with Crippen molar-refractivity contribution in [2.24, 2.45) is 0 Å². The van der Waals surface area contributed by atoms with Crippen LogP contribution in [0.15, 0.2) is 15.9 Å². The van der Waals surface area contributed by atoms with Crippen LogP contribution in [0.3, 0.4) is 0 Å². The van der Waals surface area contributed by atoms with Crippen molar-refractivity contribution in [1.82, 2.24) is 5.32 Å². The Morgan fingerprint density at radius 3 is 2.73 bits per heavy atom. The quantitative estimate of drug-likeness (QED) is 0.872. The number of halogens is 1. The molecule has 1 heterocycles. The monoisotopic (exact) mass is 291 g/mol. The second-order valence-corrected chi connectivity index (χ2v) is 4.81. The second-order valence-electron chi connectivity index (χ2n) is 2.90. The van der Waals surface area contributed by atoms with E-state index in [0.29, 0.717) is 6.54 Å². The van der Waals surface area contributed by atoms with Gasteiger partial charge in [0.05, 0.1) is 13.0 Å². The Balaban J connectivity index is 2.25. The Morgan fingerprint density at radius 1 is 1.47 bits per heavy atom. The maximum Gasteiger partial charge on any atom is 0.303 e. The molecule has 0 saturated carbocycles. The van der Waals surface area contributed by atoms with Gasteiger partial charge in [-0.2, -0.15) is 0 Å². The van der Waals surface area contributed by atoms with Gasteiger partial charge < -0.3 is 10.4 Å². The van der Waals surface area contributed by atoms with E-state index < -0.39 is 5.97 Å². The number of aliphatic carboxylic acids is 1. The van der Waals surface area contributed by atoms with Crippen molar-refractivity contribution < 1.29 is 14.7 Å². The largest absolute Gasteiger partial charge is 0.481 e. The standard InChI is InChI=1S/C9H10BrNO3S/c10-6-3-7(15-5-6)4-11-8(12)1-2-9(13)14/h3,5H,1-2,4H2,(H,11,12)(H,13,14). The lowest BCUT2D eigenvalue weighted by molar-refractivity contribution is -0.138. The fraction of sp³-hybridized carbons (Fsp3) is 0.333. The predicted molar refractivity (Wildman–Crippen MR) is 60.7 cm³/mol. The Kier molecular flexibility index (Phi) is 4.77. The molecule has 0 spiro atoms. The molecule has 0 unspecified atom stereocenters. The van der Waals surface area contributed by atoms with Crippen molar-refractivity contribution >= 4 is 39.1 Å². The van der Waals surface area contributed by atoms with Crippen LogP contribution in [0, 0.1) is 0 Å². The van der Waals surface area contributed by atoms with Gasteiger partial charge in [-0.25, -0.2) is 0 Å². The SMILES string of the molecule is O=C(O)CCC(=O)NCc1cc(Br)cs1. The Bertz CT molecular complexity index is 364. The molecule has 0 aliphatic rings. The molecule has 0 aliphatic heterocycles. The third-order valence-electron chi connectivity index (χ3n) is 1.65. The molecule has 0 aliphatic carbocycles. The number of hydrogen-bond donors (Lipinski definition) is 2. The molecule has 0 bridgehead atoms. The van der Waals surface area contributed by atoms with Gasteiger partial charge in [-0.3, -0.25) is 9.59 Å². The van der Waals surface area contributed by atoms with E-state index in [0.717, 1.165) is 9.35 Å². The average Bonchev–Trinajstić information content (AvgIpc) is 2.58. The first kappa shape index (κ1) is 12.2. The zero-order valence-electron chi connectivity index (χ0n) is 7.83. The lowest BCUT2D eigenvalue weighted by atomic mass is 10.3. The number of hydrogen-bond acceptors (Lipinski definition) is 3. The summed E-state index contributed by atoms with van der Waals surface area (Å²) in [7, 11) is 0. The average molecular weight is 292 g/mol. The zero-order chi connectivity index (χ0) is 11.3. The highest BCUT2D eigenvalue weighted by Gasteiger charge is 2.05. The molecule has 1 aromatic heterocycles. The van der Waals surface area contributed by atoms with E-state index in [2.05, 4.69) is 21.2 Å². The van der Waals surface area contributed by atoms with Crippen molar-refractivity contribution in [2.45, 2.75) is 19.4 Å². The number of rotatable bonds is 5. The summed E-state index contributed by atoms with van der Waals surface area (Å²) >= 11 is 4.85. The van der Waals surface area contributed by atoms with Crippen LogP contribution in [0.2, 0.25) is 0 Å². The van der Waals surface area contributed by atoms with Crippen molar-refractivity contribution in [3.8, 4) is 0 Å². The summed E-state index contributed by atoms with van der Waals surface area (Å²) in [5.41, 5.74) is 0. The first-order valence-corrected chi connectivity index (χ1v) is 5.96. The van der Waals surface area contributed by atoms with Crippen LogP contribution >= 0.6 is 27.3 Å². The van der Waals surface area contributed by atoms with Crippen LogP contribution < -0.4 is 5.32 Å². The van der Waals surface area contributed by atoms with Gasteiger partial charge in [0.1, 0.15) is 0 Å². The summed E-state index contributed by atoms with van der Waals surface area (Å²) in [6.45, 7) is 0.453. The normalized spacial score (nSPS) is 9.93. The highest BCUT2D eigenvalue weighted by atomic mass is 79.9. The Labute approximate surface area is 99.4 Å². The van der Waals surface area contributed by atoms with Crippen LogP contribution in [0.1, 0.15) is 17.7 Å². The molecule has 82 valence electrons. The Hall–Kier alpha value is -0.880. The summed E-state index contributed by atoms with van der Waals surface area (Å²) in [5, 5.41) is 13.0. The van der Waals surface area contributed by atoms with Crippen molar-refractivity contribution in [3.63, 3.8) is 0 Å². The number of carbonyl (C=O) groups is 2. The predicted octanol–water partition coefficient (Wildman–Crippen LogP) is 1.99. The van der Waals surface area contributed by atoms with Gasteiger partial charge in [-0.05, 0) is 22.0 Å². The summed E-state index contributed by atoms with van der Waals surface area (Å²) < 4.78 is 0.988. The van der Waals surface area contributed by atoms with E-state index >= 15 is 0 Å². The number of carbonyl (C=O) groups excluding carboxylic acids is 1. The van der Waals surface area contributed by atoms with E-state index in [-0.39, 0.29) is 18.7 Å². The number of amides is 1. The molecule has 4 nitrogen and oxygen atoms in total. The van der Waals surface area contributed by atoms with Crippen LogP contribution in [0.4, 0.5) is 0 Å². The van der Waals surface area contributed by atoms with Gasteiger partial charge in [0.2, 0.25) is 5.91 Å². The lowest BCUT2D eigenvalue weighted by Crippen LogP contribution is -2.22. The van der Waals surface area contributed by atoms with Gasteiger partial charge in [-0.1, -0.05) is 0 Å². The molecular formula is C9H10BrNO3S. The molecule has 2 N–H and O–H groups in total. The molecule has 1 rings (SSSR count). The topological polar surface area (TPSA) is 66.4 Å². The van der Waals surface area contributed by atoms with Crippen LogP contribution in [0.25, 0.3) is 0 Å². The summed E-state index contributed by atoms with van der Waals surface area (Å²) in [6.07, 6.45) is -0.0954. The Morgan fingerprint density at radius 2 is 2.20 bits per heavy atom. The van der Waals surface area contributed by atoms with E-state index in [9.17, 15) is 9.59 Å². The maximum atomic E-state index is 11.1. The molecular weight excluding hydrogens is 282 g/mol. The van der Waals surface area contributed by atoms with Gasteiger partial charge in [0.15, 0.2) is 0 Å². The first-order chi connectivity index (χ1) is 7.08. The third-order valence-corrected chi connectivity index (χ3v) is 3.35. The van der Waals surface area contributed by atoms with Crippen LogP contribution in [-0.2, 0) is 16.1 Å². The smallest absolute Gasteiger partial charge is 0.303 e. The summed E-state index contributed by atoms with van der Waals surface area (Å²) in [4.78, 5) is 22.4. The summed E-state index contributed by atoms with van der Waals surface area (Å²) in [6, 6.07) is 1.92. The maximum absolute atomic E-state index is 11.1. The molecule has 6 heteroatoms.